The number of carbonyl (C=O) groups excluding carboxylic acids is 1. The number of nitrogens with zero attached hydrogens (tertiary/aromatic N) is 5. The van der Waals surface area contributed by atoms with Crippen molar-refractivity contribution < 1.29 is 4.79 Å². The fourth-order valence-electron chi connectivity index (χ4n) is 5.15. The van der Waals surface area contributed by atoms with Crippen LogP contribution in [0.1, 0.15) is 55.5 Å². The Morgan fingerprint density at radius 1 is 1.03 bits per heavy atom. The zero-order valence-corrected chi connectivity index (χ0v) is 20.1. The highest BCUT2D eigenvalue weighted by Crippen LogP contribution is 2.44. The highest BCUT2D eigenvalue weighted by atomic mass is 16.2. The quantitative estimate of drug-likeness (QED) is 0.394. The van der Waals surface area contributed by atoms with Crippen LogP contribution in [-0.2, 0) is 17.6 Å². The molecule has 1 atom stereocenters. The van der Waals surface area contributed by atoms with E-state index in [0.29, 0.717) is 29.7 Å². The van der Waals surface area contributed by atoms with Gasteiger partial charge in [0.15, 0.2) is 0 Å². The van der Waals surface area contributed by atoms with Crippen LogP contribution in [0.2, 0.25) is 0 Å². The average Bonchev–Trinajstić information content (AvgIpc) is 3.46. The summed E-state index contributed by atoms with van der Waals surface area (Å²) < 4.78 is 2.03. The lowest BCUT2D eigenvalue weighted by Gasteiger charge is -2.19. The van der Waals surface area contributed by atoms with Crippen LogP contribution >= 0.6 is 0 Å². The number of hydrogen-bond acceptors (Lipinski definition) is 6. The van der Waals surface area contributed by atoms with E-state index in [0.717, 1.165) is 60.1 Å². The number of aromatic nitrogens is 6. The molecule has 182 valence electrons. The smallest absolute Gasteiger partial charge is 0.278 e. The first-order valence-electron chi connectivity index (χ1n) is 12.5. The van der Waals surface area contributed by atoms with Crippen LogP contribution in [0.15, 0.2) is 53.3 Å². The van der Waals surface area contributed by atoms with Crippen LogP contribution < -0.4 is 10.9 Å². The van der Waals surface area contributed by atoms with Crippen molar-refractivity contribution >= 4 is 11.9 Å². The van der Waals surface area contributed by atoms with E-state index in [-0.39, 0.29) is 17.5 Å². The van der Waals surface area contributed by atoms with Crippen LogP contribution in [0.3, 0.4) is 0 Å². The number of unbranched alkanes of at least 4 members (excludes halogenated alkanes) is 1. The van der Waals surface area contributed by atoms with Crippen LogP contribution in [0, 0.1) is 5.92 Å². The van der Waals surface area contributed by atoms with Crippen molar-refractivity contribution in [3.05, 3.63) is 75.7 Å². The van der Waals surface area contributed by atoms with Gasteiger partial charge >= 0.3 is 0 Å². The number of carbonyl (C=O) groups is 1. The third-order valence-electron chi connectivity index (χ3n) is 7.11. The fourth-order valence-corrected chi connectivity index (χ4v) is 5.15. The molecule has 2 N–H and O–H groups in total. The zero-order chi connectivity index (χ0) is 24.6. The number of nitrogens with one attached hydrogen (secondary N) is 2. The van der Waals surface area contributed by atoms with Gasteiger partial charge in [-0.15, -0.1) is 10.2 Å². The molecule has 3 heterocycles. The molecule has 2 aromatic carbocycles. The molecule has 0 bridgehead atoms. The lowest BCUT2D eigenvalue weighted by atomic mass is 9.96. The second-order valence-corrected chi connectivity index (χ2v) is 9.57. The summed E-state index contributed by atoms with van der Waals surface area (Å²) in [6.07, 6.45) is 5.27. The van der Waals surface area contributed by atoms with Gasteiger partial charge in [0.05, 0.1) is 0 Å². The molecule has 0 spiro atoms. The molecule has 0 saturated heterocycles. The molecule has 0 radical (unpaired) electrons. The topological polar surface area (TPSA) is 118 Å². The predicted molar refractivity (Wildman–Crippen MR) is 135 cm³/mol. The molecule has 6 rings (SSSR count). The highest BCUT2D eigenvalue weighted by molar-refractivity contribution is 5.96. The molecule has 1 amide bonds. The highest BCUT2D eigenvalue weighted by Gasteiger charge is 2.44. The predicted octanol–water partition coefficient (Wildman–Crippen LogP) is 3.93. The number of rotatable bonds is 8. The monoisotopic (exact) mass is 481 g/mol. The molecular formula is C27H27N7O2. The number of H-pyrrole nitrogens is 1. The minimum Gasteiger partial charge on any atom is -0.302 e. The summed E-state index contributed by atoms with van der Waals surface area (Å²) in [5, 5.41) is 17.3. The third-order valence-corrected chi connectivity index (χ3v) is 7.11. The van der Waals surface area contributed by atoms with E-state index < -0.39 is 0 Å². The standard InChI is InChI=1S/C27H27N7O2/c1-2-3-8-22-21(25(35)28-27-29-26(36)23(34(22)27)18-13-14-18)15-16-9-11-17(12-10-16)19-6-4-5-7-20(19)24-30-32-33-31-24/h4-7,9-12,18,23H,2-3,8,13-15H2,1H3,(H,28,29,35,36)(H,30,31,32,33). The number of tetrazole rings is 1. The van der Waals surface area contributed by atoms with Gasteiger partial charge in [0.25, 0.3) is 5.56 Å². The van der Waals surface area contributed by atoms with Gasteiger partial charge in [0, 0.05) is 23.2 Å². The molecule has 1 fully saturated rings. The molecule has 1 unspecified atom stereocenters. The van der Waals surface area contributed by atoms with Gasteiger partial charge in [0.1, 0.15) is 6.04 Å². The van der Waals surface area contributed by atoms with Crippen molar-refractivity contribution in [1.82, 2.24) is 30.2 Å². The molecule has 1 saturated carbocycles. The largest absolute Gasteiger partial charge is 0.302 e. The molecule has 36 heavy (non-hydrogen) atoms. The van der Waals surface area contributed by atoms with Crippen molar-refractivity contribution in [2.24, 2.45) is 5.92 Å². The van der Waals surface area contributed by atoms with Crippen molar-refractivity contribution in [3.8, 4) is 22.5 Å². The van der Waals surface area contributed by atoms with E-state index in [2.05, 4.69) is 50.0 Å². The second kappa shape index (κ2) is 9.14. The molecule has 1 aliphatic carbocycles. The van der Waals surface area contributed by atoms with Crippen LogP contribution in [-0.4, -0.2) is 36.1 Å². The number of benzene rings is 2. The summed E-state index contributed by atoms with van der Waals surface area (Å²) in [7, 11) is 0. The lowest BCUT2D eigenvalue weighted by molar-refractivity contribution is -0.118. The van der Waals surface area contributed by atoms with Crippen molar-refractivity contribution in [1.29, 1.82) is 0 Å². The minimum atomic E-state index is -0.254. The molecule has 9 heteroatoms. The van der Waals surface area contributed by atoms with Gasteiger partial charge in [-0.2, -0.15) is 10.2 Å². The van der Waals surface area contributed by atoms with E-state index in [1.54, 1.807) is 0 Å². The Morgan fingerprint density at radius 2 is 1.81 bits per heavy atom. The summed E-state index contributed by atoms with van der Waals surface area (Å²) in [6.45, 7) is 2.14. The van der Waals surface area contributed by atoms with E-state index in [1.165, 1.54) is 0 Å². The molecule has 2 aromatic heterocycles. The molecule has 1 aliphatic heterocycles. The first-order valence-corrected chi connectivity index (χ1v) is 12.5. The summed E-state index contributed by atoms with van der Waals surface area (Å²) in [4.78, 5) is 30.1. The normalized spacial score (nSPS) is 16.7. The van der Waals surface area contributed by atoms with Gasteiger partial charge in [-0.1, -0.05) is 61.9 Å². The van der Waals surface area contributed by atoms with Gasteiger partial charge in [0.2, 0.25) is 17.7 Å². The zero-order valence-electron chi connectivity index (χ0n) is 20.1. The Labute approximate surface area is 208 Å². The van der Waals surface area contributed by atoms with Crippen molar-refractivity contribution in [3.63, 3.8) is 0 Å². The number of hydrogen-bond donors (Lipinski definition) is 2. The maximum absolute atomic E-state index is 13.1. The van der Waals surface area contributed by atoms with Crippen LogP contribution in [0.4, 0.5) is 5.95 Å². The second-order valence-electron chi connectivity index (χ2n) is 9.57. The average molecular weight is 482 g/mol. The number of fused-ring (bicyclic) bond motifs is 1. The van der Waals surface area contributed by atoms with E-state index in [1.807, 2.05) is 41.0 Å². The number of aromatic amines is 1. The number of anilines is 1. The Balaban J connectivity index is 1.35. The van der Waals surface area contributed by atoms with E-state index in [4.69, 9.17) is 0 Å². The molecular weight excluding hydrogens is 454 g/mol. The summed E-state index contributed by atoms with van der Waals surface area (Å²) >= 11 is 0. The maximum atomic E-state index is 13.1. The summed E-state index contributed by atoms with van der Waals surface area (Å²) in [5.41, 5.74) is 5.33. The number of amides is 1. The van der Waals surface area contributed by atoms with Crippen molar-refractivity contribution in [2.45, 2.75) is 51.5 Å². The van der Waals surface area contributed by atoms with E-state index >= 15 is 0 Å². The summed E-state index contributed by atoms with van der Waals surface area (Å²) in [6, 6.07) is 15.9. The van der Waals surface area contributed by atoms with Crippen LogP contribution in [0.25, 0.3) is 22.5 Å². The maximum Gasteiger partial charge on any atom is 0.278 e. The third kappa shape index (κ3) is 4.00. The van der Waals surface area contributed by atoms with Gasteiger partial charge in [-0.05, 0) is 53.5 Å². The first-order chi connectivity index (χ1) is 17.6. The molecule has 4 aromatic rings. The van der Waals surface area contributed by atoms with Gasteiger partial charge < -0.3 is 4.57 Å². The SMILES string of the molecule is CCCCc1c(Cc2ccc(-c3ccccc3-c3nn[nH]n3)cc2)c(=O)nc2n1C(C1CC1)C(=O)N2. The minimum absolute atomic E-state index is 0.0380. The van der Waals surface area contributed by atoms with Gasteiger partial charge in [-0.3, -0.25) is 14.9 Å². The first kappa shape index (κ1) is 22.3. The fraction of sp³-hybridized carbons (Fsp3) is 0.333. The van der Waals surface area contributed by atoms with Gasteiger partial charge in [-0.25, -0.2) is 0 Å². The van der Waals surface area contributed by atoms with Crippen LogP contribution in [0.5, 0.6) is 0 Å². The lowest BCUT2D eigenvalue weighted by Crippen LogP contribution is -2.25. The Morgan fingerprint density at radius 3 is 2.50 bits per heavy atom. The van der Waals surface area contributed by atoms with E-state index in [9.17, 15) is 9.59 Å². The Hall–Kier alpha value is -4.14. The Kier molecular flexibility index (Phi) is 5.67. The van der Waals surface area contributed by atoms with Crippen molar-refractivity contribution in [2.75, 3.05) is 5.32 Å². The summed E-state index contributed by atoms with van der Waals surface area (Å²) in [5.74, 6) is 1.25. The Bertz CT molecular complexity index is 1470. The molecule has 2 aliphatic rings. The molecule has 9 nitrogen and oxygen atoms in total.